The molecule has 0 unspecified atom stereocenters. The fraction of sp³-hybridized carbons (Fsp3) is 0.259. The Bertz CT molecular complexity index is 1360. The van der Waals surface area contributed by atoms with Gasteiger partial charge >= 0.3 is 5.97 Å². The van der Waals surface area contributed by atoms with Crippen LogP contribution in [-0.4, -0.2) is 39.9 Å². The molecule has 4 rings (SSSR count). The molecule has 2 heterocycles. The van der Waals surface area contributed by atoms with E-state index in [-0.39, 0.29) is 30.3 Å². The summed E-state index contributed by atoms with van der Waals surface area (Å²) in [5.41, 5.74) is 3.01. The smallest absolute Gasteiger partial charge is 0.343 e. The van der Waals surface area contributed by atoms with Crippen molar-refractivity contribution in [2.75, 3.05) is 18.5 Å². The SMILES string of the molecule is CCOC(=O)c1cnn(-c2cc(C)c3ccccc3n2)c1NC(=O)CCCOc1ccccc1C. The number of benzene rings is 2. The molecule has 1 amide bonds. The number of aryl methyl sites for hydroxylation is 2. The number of para-hydroxylation sites is 2. The lowest BCUT2D eigenvalue weighted by Crippen LogP contribution is -2.19. The molecule has 0 saturated carbocycles. The maximum atomic E-state index is 12.8. The Labute approximate surface area is 203 Å². The second kappa shape index (κ2) is 10.8. The summed E-state index contributed by atoms with van der Waals surface area (Å²) in [5, 5.41) is 8.21. The minimum absolute atomic E-state index is 0.170. The van der Waals surface area contributed by atoms with Crippen LogP contribution in [-0.2, 0) is 9.53 Å². The van der Waals surface area contributed by atoms with Crippen LogP contribution in [0.4, 0.5) is 5.82 Å². The normalized spacial score (nSPS) is 10.8. The summed E-state index contributed by atoms with van der Waals surface area (Å²) in [4.78, 5) is 30.0. The van der Waals surface area contributed by atoms with Gasteiger partial charge in [0.25, 0.3) is 0 Å². The highest BCUT2D eigenvalue weighted by atomic mass is 16.5. The first-order valence-electron chi connectivity index (χ1n) is 11.6. The molecule has 0 aliphatic rings. The minimum atomic E-state index is -0.561. The molecule has 4 aromatic rings. The van der Waals surface area contributed by atoms with Crippen LogP contribution >= 0.6 is 0 Å². The number of anilines is 1. The number of nitrogens with zero attached hydrogens (tertiary/aromatic N) is 3. The second-order valence-corrected chi connectivity index (χ2v) is 8.12. The summed E-state index contributed by atoms with van der Waals surface area (Å²) in [5.74, 6) is 0.705. The summed E-state index contributed by atoms with van der Waals surface area (Å²) in [7, 11) is 0. The monoisotopic (exact) mass is 472 g/mol. The van der Waals surface area contributed by atoms with Crippen molar-refractivity contribution in [3.05, 3.63) is 77.5 Å². The van der Waals surface area contributed by atoms with E-state index in [1.807, 2.05) is 68.4 Å². The van der Waals surface area contributed by atoms with E-state index in [1.165, 1.54) is 10.9 Å². The summed E-state index contributed by atoms with van der Waals surface area (Å²) < 4.78 is 12.4. The van der Waals surface area contributed by atoms with Gasteiger partial charge in [-0.2, -0.15) is 9.78 Å². The fourth-order valence-corrected chi connectivity index (χ4v) is 3.77. The Balaban J connectivity index is 1.54. The second-order valence-electron chi connectivity index (χ2n) is 8.12. The summed E-state index contributed by atoms with van der Waals surface area (Å²) in [6, 6.07) is 17.4. The summed E-state index contributed by atoms with van der Waals surface area (Å²) >= 11 is 0. The van der Waals surface area contributed by atoms with Crippen LogP contribution in [0.5, 0.6) is 5.75 Å². The van der Waals surface area contributed by atoms with Crippen LogP contribution in [0.15, 0.2) is 60.8 Å². The number of hydrogen-bond acceptors (Lipinski definition) is 6. The van der Waals surface area contributed by atoms with Gasteiger partial charge in [-0.1, -0.05) is 36.4 Å². The van der Waals surface area contributed by atoms with Crippen molar-refractivity contribution in [3.8, 4) is 11.6 Å². The molecule has 0 spiro atoms. The Hall–Kier alpha value is -4.20. The van der Waals surface area contributed by atoms with E-state index in [2.05, 4.69) is 15.4 Å². The van der Waals surface area contributed by atoms with Crippen LogP contribution in [0.25, 0.3) is 16.7 Å². The van der Waals surface area contributed by atoms with Crippen LogP contribution in [0.2, 0.25) is 0 Å². The third kappa shape index (κ3) is 5.48. The van der Waals surface area contributed by atoms with E-state index in [0.717, 1.165) is 27.8 Å². The molecule has 0 radical (unpaired) electrons. The van der Waals surface area contributed by atoms with Gasteiger partial charge in [-0.05, 0) is 56.5 Å². The zero-order chi connectivity index (χ0) is 24.8. The standard InChI is InChI=1S/C27H28N4O4/c1-4-34-27(33)21-17-28-31(24-16-19(3)20-11-6-7-12-22(20)29-24)26(21)30-25(32)14-9-15-35-23-13-8-5-10-18(23)2/h5-8,10-13,16-17H,4,9,14-15H2,1-3H3,(H,30,32). The van der Waals surface area contributed by atoms with Gasteiger partial charge in [0, 0.05) is 11.8 Å². The number of aromatic nitrogens is 3. The highest BCUT2D eigenvalue weighted by Gasteiger charge is 2.22. The number of pyridine rings is 1. The largest absolute Gasteiger partial charge is 0.493 e. The topological polar surface area (TPSA) is 95.3 Å². The molecule has 2 aromatic carbocycles. The van der Waals surface area contributed by atoms with E-state index in [4.69, 9.17) is 9.47 Å². The van der Waals surface area contributed by atoms with Gasteiger partial charge in [0.1, 0.15) is 11.3 Å². The molecule has 180 valence electrons. The first-order chi connectivity index (χ1) is 17.0. The average Bonchev–Trinajstić information content (AvgIpc) is 3.26. The van der Waals surface area contributed by atoms with Crippen molar-refractivity contribution in [2.24, 2.45) is 0 Å². The predicted octanol–water partition coefficient (Wildman–Crippen LogP) is 5.01. The van der Waals surface area contributed by atoms with Crippen LogP contribution in [0, 0.1) is 13.8 Å². The van der Waals surface area contributed by atoms with E-state index < -0.39 is 5.97 Å². The molecule has 2 aromatic heterocycles. The van der Waals surface area contributed by atoms with Gasteiger partial charge in [0.05, 0.1) is 24.9 Å². The van der Waals surface area contributed by atoms with Crippen LogP contribution in [0.1, 0.15) is 41.3 Å². The number of esters is 1. The quantitative estimate of drug-likeness (QED) is 0.272. The molecule has 0 bridgehead atoms. The first-order valence-corrected chi connectivity index (χ1v) is 11.6. The predicted molar refractivity (Wildman–Crippen MR) is 134 cm³/mol. The lowest BCUT2D eigenvalue weighted by Gasteiger charge is -2.12. The lowest BCUT2D eigenvalue weighted by atomic mass is 10.1. The molecule has 35 heavy (non-hydrogen) atoms. The maximum Gasteiger partial charge on any atom is 0.343 e. The summed E-state index contributed by atoms with van der Waals surface area (Å²) in [6.45, 7) is 6.29. The Morgan fingerprint density at radius 3 is 2.60 bits per heavy atom. The molecule has 8 nitrogen and oxygen atoms in total. The van der Waals surface area contributed by atoms with Crippen LogP contribution in [0.3, 0.4) is 0 Å². The zero-order valence-electron chi connectivity index (χ0n) is 20.1. The number of ether oxygens (including phenoxy) is 2. The van der Waals surface area contributed by atoms with Gasteiger partial charge in [-0.3, -0.25) is 4.79 Å². The molecule has 0 aliphatic carbocycles. The molecule has 0 fully saturated rings. The zero-order valence-corrected chi connectivity index (χ0v) is 20.1. The lowest BCUT2D eigenvalue weighted by molar-refractivity contribution is -0.116. The van der Waals surface area contributed by atoms with Gasteiger partial charge in [0.15, 0.2) is 11.6 Å². The molecule has 1 N–H and O–H groups in total. The van der Waals surface area contributed by atoms with E-state index in [1.54, 1.807) is 6.92 Å². The molecule has 0 saturated heterocycles. The first kappa shape index (κ1) is 23.9. The third-order valence-electron chi connectivity index (χ3n) is 5.55. The van der Waals surface area contributed by atoms with Crippen molar-refractivity contribution in [1.29, 1.82) is 0 Å². The maximum absolute atomic E-state index is 12.8. The van der Waals surface area contributed by atoms with E-state index >= 15 is 0 Å². The highest BCUT2D eigenvalue weighted by Crippen LogP contribution is 2.25. The van der Waals surface area contributed by atoms with Gasteiger partial charge in [-0.25, -0.2) is 9.78 Å². The number of amides is 1. The number of carbonyl (C=O) groups is 2. The van der Waals surface area contributed by atoms with Crippen molar-refractivity contribution in [2.45, 2.75) is 33.6 Å². The van der Waals surface area contributed by atoms with E-state index in [0.29, 0.717) is 18.8 Å². The van der Waals surface area contributed by atoms with E-state index in [9.17, 15) is 9.59 Å². The van der Waals surface area contributed by atoms with Gasteiger partial charge in [-0.15, -0.1) is 0 Å². The van der Waals surface area contributed by atoms with Crippen molar-refractivity contribution < 1.29 is 19.1 Å². The average molecular weight is 473 g/mol. The number of nitrogens with one attached hydrogen (secondary N) is 1. The molecule has 8 heteroatoms. The van der Waals surface area contributed by atoms with Crippen molar-refractivity contribution in [3.63, 3.8) is 0 Å². The Kier molecular flexibility index (Phi) is 7.40. The van der Waals surface area contributed by atoms with Gasteiger partial charge < -0.3 is 14.8 Å². The Morgan fingerprint density at radius 2 is 1.80 bits per heavy atom. The van der Waals surface area contributed by atoms with Crippen LogP contribution < -0.4 is 10.1 Å². The summed E-state index contributed by atoms with van der Waals surface area (Å²) in [6.07, 6.45) is 2.11. The number of carbonyl (C=O) groups excluding carboxylic acids is 2. The molecular weight excluding hydrogens is 444 g/mol. The van der Waals surface area contributed by atoms with Crippen molar-refractivity contribution >= 4 is 28.6 Å². The Morgan fingerprint density at radius 1 is 1.03 bits per heavy atom. The number of hydrogen-bond donors (Lipinski definition) is 1. The molecule has 0 atom stereocenters. The van der Waals surface area contributed by atoms with Crippen molar-refractivity contribution in [1.82, 2.24) is 14.8 Å². The molecule has 0 aliphatic heterocycles. The number of fused-ring (bicyclic) bond motifs is 1. The highest BCUT2D eigenvalue weighted by molar-refractivity contribution is 6.00. The molecular formula is C27H28N4O4. The minimum Gasteiger partial charge on any atom is -0.493 e. The third-order valence-corrected chi connectivity index (χ3v) is 5.55. The van der Waals surface area contributed by atoms with Gasteiger partial charge in [0.2, 0.25) is 5.91 Å². The number of rotatable bonds is 9. The fourth-order valence-electron chi connectivity index (χ4n) is 3.77.